The Morgan fingerprint density at radius 1 is 1.10 bits per heavy atom. The molecule has 0 aromatic heterocycles. The predicted octanol–water partition coefficient (Wildman–Crippen LogP) is 2.82. The van der Waals surface area contributed by atoms with Gasteiger partial charge in [0.2, 0.25) is 21.8 Å². The highest BCUT2D eigenvalue weighted by Gasteiger charge is 2.30. The first kappa shape index (κ1) is 24.8. The van der Waals surface area contributed by atoms with Crippen LogP contribution in [-0.4, -0.2) is 55.6 Å². The molecule has 0 unspecified atom stereocenters. The van der Waals surface area contributed by atoms with Crippen LogP contribution in [0.3, 0.4) is 0 Å². The highest BCUT2D eigenvalue weighted by atomic mass is 35.5. The molecule has 0 saturated heterocycles. The second kappa shape index (κ2) is 10.7. The van der Waals surface area contributed by atoms with Crippen LogP contribution in [0.15, 0.2) is 53.4 Å². The Morgan fingerprint density at radius 2 is 1.71 bits per heavy atom. The van der Waals surface area contributed by atoms with Crippen LogP contribution in [-0.2, 0) is 26.2 Å². The predicted molar refractivity (Wildman–Crippen MR) is 121 cm³/mol. The van der Waals surface area contributed by atoms with Crippen molar-refractivity contribution in [3.8, 4) is 0 Å². The van der Waals surface area contributed by atoms with E-state index in [1.165, 1.54) is 36.2 Å². The standard InChI is InChI=1S/C22H28ClN3O4S/c1-5-24-22(28)17(3)26(14-18-9-7-6-8-16(18)2)21(27)15-25(4)31(29,30)20-12-10-19(23)11-13-20/h6-13,17H,5,14-15H2,1-4H3,(H,24,28)/t17-/m1/s1. The van der Waals surface area contributed by atoms with Crippen molar-refractivity contribution in [3.63, 3.8) is 0 Å². The highest BCUT2D eigenvalue weighted by Crippen LogP contribution is 2.19. The maximum Gasteiger partial charge on any atom is 0.243 e. The first-order chi connectivity index (χ1) is 14.6. The number of hydrogen-bond acceptors (Lipinski definition) is 4. The average molecular weight is 466 g/mol. The van der Waals surface area contributed by atoms with E-state index >= 15 is 0 Å². The zero-order valence-corrected chi connectivity index (χ0v) is 19.7. The summed E-state index contributed by atoms with van der Waals surface area (Å²) in [5, 5.41) is 3.13. The Morgan fingerprint density at radius 3 is 2.29 bits per heavy atom. The third-order valence-electron chi connectivity index (χ3n) is 5.00. The molecular formula is C22H28ClN3O4S. The molecule has 0 heterocycles. The summed E-state index contributed by atoms with van der Waals surface area (Å²) in [7, 11) is -2.56. The Bertz CT molecular complexity index is 1030. The highest BCUT2D eigenvalue weighted by molar-refractivity contribution is 7.89. The number of rotatable bonds is 9. The number of likely N-dealkylation sites (N-methyl/N-ethyl adjacent to an activating group) is 2. The molecule has 0 aliphatic rings. The van der Waals surface area contributed by atoms with Gasteiger partial charge in [-0.25, -0.2) is 8.42 Å². The summed E-state index contributed by atoms with van der Waals surface area (Å²) in [6, 6.07) is 12.5. The molecule has 1 N–H and O–H groups in total. The molecule has 2 aromatic rings. The third-order valence-corrected chi connectivity index (χ3v) is 7.07. The van der Waals surface area contributed by atoms with Gasteiger partial charge in [0.15, 0.2) is 0 Å². The Hall–Kier alpha value is -2.42. The van der Waals surface area contributed by atoms with E-state index in [0.717, 1.165) is 15.4 Å². The second-order valence-electron chi connectivity index (χ2n) is 7.23. The smallest absolute Gasteiger partial charge is 0.243 e. The van der Waals surface area contributed by atoms with E-state index in [0.29, 0.717) is 11.6 Å². The number of hydrogen-bond donors (Lipinski definition) is 1. The zero-order chi connectivity index (χ0) is 23.2. The molecule has 0 spiro atoms. The van der Waals surface area contributed by atoms with Crippen LogP contribution in [0.1, 0.15) is 25.0 Å². The van der Waals surface area contributed by atoms with E-state index < -0.39 is 28.5 Å². The molecular weight excluding hydrogens is 438 g/mol. The number of aryl methyl sites for hydroxylation is 1. The number of nitrogens with one attached hydrogen (secondary N) is 1. The number of halogens is 1. The van der Waals surface area contributed by atoms with Crippen LogP contribution in [0, 0.1) is 6.92 Å². The van der Waals surface area contributed by atoms with Gasteiger partial charge >= 0.3 is 0 Å². The number of benzene rings is 2. The first-order valence-corrected chi connectivity index (χ1v) is 11.7. The van der Waals surface area contributed by atoms with Gasteiger partial charge in [-0.1, -0.05) is 35.9 Å². The molecule has 9 heteroatoms. The Kier molecular flexibility index (Phi) is 8.61. The number of nitrogens with zero attached hydrogens (tertiary/aromatic N) is 2. The monoisotopic (exact) mass is 465 g/mol. The molecule has 2 rings (SSSR count). The van der Waals surface area contributed by atoms with Crippen molar-refractivity contribution in [2.24, 2.45) is 0 Å². The van der Waals surface area contributed by atoms with E-state index in [-0.39, 0.29) is 17.3 Å². The molecule has 2 aromatic carbocycles. The quantitative estimate of drug-likeness (QED) is 0.617. The number of sulfonamides is 1. The van der Waals surface area contributed by atoms with Crippen molar-refractivity contribution in [1.29, 1.82) is 0 Å². The van der Waals surface area contributed by atoms with Crippen molar-refractivity contribution in [2.45, 2.75) is 38.3 Å². The maximum absolute atomic E-state index is 13.2. The van der Waals surface area contributed by atoms with E-state index in [1.54, 1.807) is 13.8 Å². The number of carbonyl (C=O) groups is 2. The fourth-order valence-corrected chi connectivity index (χ4v) is 4.27. The number of carbonyl (C=O) groups excluding carboxylic acids is 2. The molecule has 0 saturated carbocycles. The van der Waals surface area contributed by atoms with Crippen molar-refractivity contribution >= 4 is 33.4 Å². The Balaban J connectivity index is 2.28. The van der Waals surface area contributed by atoms with E-state index in [4.69, 9.17) is 11.6 Å². The van der Waals surface area contributed by atoms with Gasteiger partial charge in [-0.3, -0.25) is 9.59 Å². The summed E-state index contributed by atoms with van der Waals surface area (Å²) in [5.41, 5.74) is 1.86. The minimum Gasteiger partial charge on any atom is -0.355 e. The lowest BCUT2D eigenvalue weighted by Gasteiger charge is -2.30. The minimum absolute atomic E-state index is 0.0365. The summed E-state index contributed by atoms with van der Waals surface area (Å²) in [6.45, 7) is 5.57. The van der Waals surface area contributed by atoms with Gasteiger partial charge in [0.1, 0.15) is 6.04 Å². The van der Waals surface area contributed by atoms with Crippen molar-refractivity contribution in [3.05, 3.63) is 64.7 Å². The number of amides is 2. The van der Waals surface area contributed by atoms with Gasteiger partial charge in [0.25, 0.3) is 0 Å². The third kappa shape index (κ3) is 6.29. The molecule has 7 nitrogen and oxygen atoms in total. The van der Waals surface area contributed by atoms with Gasteiger partial charge in [0, 0.05) is 25.2 Å². The molecule has 0 aliphatic heterocycles. The summed E-state index contributed by atoms with van der Waals surface area (Å²) in [4.78, 5) is 27.1. The summed E-state index contributed by atoms with van der Waals surface area (Å²) in [6.07, 6.45) is 0. The van der Waals surface area contributed by atoms with Gasteiger partial charge < -0.3 is 10.2 Å². The SMILES string of the molecule is CCNC(=O)[C@@H](C)N(Cc1ccccc1C)C(=O)CN(C)S(=O)(=O)c1ccc(Cl)cc1. The molecule has 168 valence electrons. The van der Waals surface area contributed by atoms with Gasteiger partial charge in [0.05, 0.1) is 11.4 Å². The van der Waals surface area contributed by atoms with Crippen LogP contribution in [0.5, 0.6) is 0 Å². The van der Waals surface area contributed by atoms with E-state index in [1.807, 2.05) is 31.2 Å². The molecule has 31 heavy (non-hydrogen) atoms. The molecule has 0 fully saturated rings. The van der Waals surface area contributed by atoms with Crippen molar-refractivity contribution < 1.29 is 18.0 Å². The first-order valence-electron chi connectivity index (χ1n) is 9.91. The average Bonchev–Trinajstić information content (AvgIpc) is 2.73. The van der Waals surface area contributed by atoms with Crippen LogP contribution in [0.4, 0.5) is 0 Å². The molecule has 1 atom stereocenters. The topological polar surface area (TPSA) is 86.8 Å². The van der Waals surface area contributed by atoms with Gasteiger partial charge in [-0.15, -0.1) is 0 Å². The summed E-state index contributed by atoms with van der Waals surface area (Å²) < 4.78 is 26.7. The lowest BCUT2D eigenvalue weighted by Crippen LogP contribution is -2.50. The largest absolute Gasteiger partial charge is 0.355 e. The molecule has 0 aliphatic carbocycles. The summed E-state index contributed by atoms with van der Waals surface area (Å²) in [5.74, 6) is -0.769. The van der Waals surface area contributed by atoms with Crippen LogP contribution >= 0.6 is 11.6 Å². The van der Waals surface area contributed by atoms with Gasteiger partial charge in [-0.05, 0) is 56.2 Å². The maximum atomic E-state index is 13.2. The lowest BCUT2D eigenvalue weighted by atomic mass is 10.1. The van der Waals surface area contributed by atoms with Crippen molar-refractivity contribution in [2.75, 3.05) is 20.1 Å². The van der Waals surface area contributed by atoms with E-state index in [2.05, 4.69) is 5.32 Å². The lowest BCUT2D eigenvalue weighted by molar-refractivity contribution is -0.140. The minimum atomic E-state index is -3.89. The summed E-state index contributed by atoms with van der Waals surface area (Å²) >= 11 is 5.84. The second-order valence-corrected chi connectivity index (χ2v) is 9.72. The van der Waals surface area contributed by atoms with Crippen LogP contribution in [0.25, 0.3) is 0 Å². The fourth-order valence-electron chi connectivity index (χ4n) is 3.03. The van der Waals surface area contributed by atoms with Gasteiger partial charge in [-0.2, -0.15) is 4.31 Å². The normalized spacial score (nSPS) is 12.5. The Labute approximate surface area is 189 Å². The van der Waals surface area contributed by atoms with Crippen molar-refractivity contribution in [1.82, 2.24) is 14.5 Å². The molecule has 2 amide bonds. The van der Waals surface area contributed by atoms with Crippen LogP contribution < -0.4 is 5.32 Å². The zero-order valence-electron chi connectivity index (χ0n) is 18.1. The fraction of sp³-hybridized carbons (Fsp3) is 0.364. The van der Waals surface area contributed by atoms with E-state index in [9.17, 15) is 18.0 Å². The van der Waals surface area contributed by atoms with Crippen LogP contribution in [0.2, 0.25) is 5.02 Å². The molecule has 0 bridgehead atoms. The molecule has 0 radical (unpaired) electrons.